The van der Waals surface area contributed by atoms with Gasteiger partial charge in [0.25, 0.3) is 5.91 Å². The average molecular weight is 341 g/mol. The minimum absolute atomic E-state index is 0.231. The smallest absolute Gasteiger partial charge is 0.275 e. The summed E-state index contributed by atoms with van der Waals surface area (Å²) < 4.78 is 0.980. The molecule has 1 heterocycles. The minimum atomic E-state index is -0.304. The number of anilines is 1. The van der Waals surface area contributed by atoms with Crippen LogP contribution in [0.15, 0.2) is 35.1 Å². The lowest BCUT2D eigenvalue weighted by Gasteiger charge is -2.09. The van der Waals surface area contributed by atoms with E-state index in [0.717, 1.165) is 22.1 Å². The zero-order chi connectivity index (χ0) is 13.8. The molecule has 19 heavy (non-hydrogen) atoms. The van der Waals surface area contributed by atoms with Crippen molar-refractivity contribution in [3.8, 4) is 0 Å². The molecule has 2 rings (SSSR count). The largest absolute Gasteiger partial charge is 0.320 e. The van der Waals surface area contributed by atoms with Gasteiger partial charge >= 0.3 is 0 Å². The van der Waals surface area contributed by atoms with E-state index in [0.29, 0.717) is 0 Å². The second-order valence-corrected chi connectivity index (χ2v) is 5.14. The first-order valence-electron chi connectivity index (χ1n) is 5.67. The molecule has 0 aliphatic heterocycles. The van der Waals surface area contributed by atoms with E-state index in [-0.39, 0.29) is 16.8 Å². The lowest BCUT2D eigenvalue weighted by molar-refractivity contribution is 0.102. The summed E-state index contributed by atoms with van der Waals surface area (Å²) in [6.07, 6.45) is 3.52. The molecule has 0 radical (unpaired) electrons. The van der Waals surface area contributed by atoms with E-state index < -0.39 is 0 Å². The Bertz CT molecular complexity index is 601. The molecule has 0 saturated carbocycles. The van der Waals surface area contributed by atoms with Gasteiger partial charge in [0.15, 0.2) is 0 Å². The van der Waals surface area contributed by atoms with Crippen molar-refractivity contribution in [2.45, 2.75) is 13.3 Å². The van der Waals surface area contributed by atoms with Crippen molar-refractivity contribution < 1.29 is 4.79 Å². The molecule has 1 aromatic heterocycles. The van der Waals surface area contributed by atoms with Crippen LogP contribution in [0.3, 0.4) is 0 Å². The number of aromatic nitrogens is 2. The number of aryl methyl sites for hydroxylation is 1. The summed E-state index contributed by atoms with van der Waals surface area (Å²) in [5, 5.41) is 3.08. The van der Waals surface area contributed by atoms with Gasteiger partial charge in [-0.05, 0) is 30.2 Å². The molecule has 4 nitrogen and oxygen atoms in total. The van der Waals surface area contributed by atoms with Gasteiger partial charge in [-0.3, -0.25) is 4.79 Å². The van der Waals surface area contributed by atoms with Crippen LogP contribution >= 0.6 is 27.5 Å². The zero-order valence-electron chi connectivity index (χ0n) is 10.2. The molecular formula is C13H11BrClN3O. The molecule has 0 aliphatic rings. The highest BCUT2D eigenvalue weighted by Crippen LogP contribution is 2.22. The molecule has 0 unspecified atom stereocenters. The summed E-state index contributed by atoms with van der Waals surface area (Å²) in [5.41, 5.74) is 2.05. The van der Waals surface area contributed by atoms with Crippen molar-refractivity contribution in [3.63, 3.8) is 0 Å². The highest BCUT2D eigenvalue weighted by molar-refractivity contribution is 9.10. The van der Waals surface area contributed by atoms with E-state index in [1.54, 1.807) is 0 Å². The second-order valence-electron chi connectivity index (χ2n) is 3.83. The summed E-state index contributed by atoms with van der Waals surface area (Å²) >= 11 is 9.04. The topological polar surface area (TPSA) is 54.9 Å². The first-order valence-corrected chi connectivity index (χ1v) is 6.84. The van der Waals surface area contributed by atoms with Crippen molar-refractivity contribution in [2.75, 3.05) is 5.32 Å². The van der Waals surface area contributed by atoms with Crippen molar-refractivity contribution in [3.05, 3.63) is 51.5 Å². The molecule has 0 bridgehead atoms. The first-order chi connectivity index (χ1) is 9.10. The van der Waals surface area contributed by atoms with Crippen LogP contribution in [0.1, 0.15) is 23.0 Å². The zero-order valence-corrected chi connectivity index (χ0v) is 12.5. The fourth-order valence-corrected chi connectivity index (χ4v) is 2.10. The third-order valence-corrected chi connectivity index (χ3v) is 3.24. The number of benzene rings is 1. The van der Waals surface area contributed by atoms with Gasteiger partial charge in [0, 0.05) is 10.2 Å². The number of hydrogen-bond acceptors (Lipinski definition) is 3. The molecule has 1 aromatic carbocycles. The maximum Gasteiger partial charge on any atom is 0.275 e. The van der Waals surface area contributed by atoms with Crippen LogP contribution in [0.4, 0.5) is 5.69 Å². The Morgan fingerprint density at radius 2 is 2.16 bits per heavy atom. The minimum Gasteiger partial charge on any atom is -0.320 e. The number of nitrogens with zero attached hydrogens (tertiary/aromatic N) is 2. The molecule has 0 atom stereocenters. The van der Waals surface area contributed by atoms with Crippen LogP contribution in [0.2, 0.25) is 5.15 Å². The number of carbonyl (C=O) groups is 1. The van der Waals surface area contributed by atoms with E-state index >= 15 is 0 Å². The number of carbonyl (C=O) groups excluding carboxylic acids is 1. The third kappa shape index (κ3) is 3.52. The maximum absolute atomic E-state index is 12.0. The highest BCUT2D eigenvalue weighted by atomic mass is 79.9. The average Bonchev–Trinajstić information content (AvgIpc) is 2.41. The summed E-state index contributed by atoms with van der Waals surface area (Å²) in [6.45, 7) is 2.03. The van der Waals surface area contributed by atoms with Crippen LogP contribution in [-0.4, -0.2) is 15.9 Å². The van der Waals surface area contributed by atoms with Gasteiger partial charge in [0.05, 0.1) is 12.4 Å². The van der Waals surface area contributed by atoms with Gasteiger partial charge in [-0.2, -0.15) is 0 Å². The SMILES string of the molecule is CCc1cc(Br)ccc1NC(=O)c1cnc(Cl)cn1. The van der Waals surface area contributed by atoms with E-state index in [4.69, 9.17) is 11.6 Å². The fourth-order valence-electron chi connectivity index (χ4n) is 1.59. The number of rotatable bonds is 3. The molecule has 1 N–H and O–H groups in total. The van der Waals surface area contributed by atoms with Gasteiger partial charge in [-0.15, -0.1) is 0 Å². The van der Waals surface area contributed by atoms with E-state index in [2.05, 4.69) is 31.2 Å². The number of nitrogens with one attached hydrogen (secondary N) is 1. The van der Waals surface area contributed by atoms with Crippen LogP contribution in [0.25, 0.3) is 0 Å². The van der Waals surface area contributed by atoms with Crippen molar-refractivity contribution in [1.82, 2.24) is 9.97 Å². The highest BCUT2D eigenvalue weighted by Gasteiger charge is 2.10. The summed E-state index contributed by atoms with van der Waals surface area (Å²) in [4.78, 5) is 19.8. The first kappa shape index (κ1) is 14.0. The molecule has 2 aromatic rings. The molecule has 6 heteroatoms. The fraction of sp³-hybridized carbons (Fsp3) is 0.154. The maximum atomic E-state index is 12.0. The van der Waals surface area contributed by atoms with Crippen LogP contribution in [-0.2, 0) is 6.42 Å². The van der Waals surface area contributed by atoms with Crippen molar-refractivity contribution in [1.29, 1.82) is 0 Å². The molecular weight excluding hydrogens is 330 g/mol. The van der Waals surface area contributed by atoms with E-state index in [1.807, 2.05) is 25.1 Å². The van der Waals surface area contributed by atoms with Gasteiger partial charge in [-0.1, -0.05) is 34.5 Å². The van der Waals surface area contributed by atoms with Crippen LogP contribution in [0, 0.1) is 0 Å². The molecule has 98 valence electrons. The molecule has 0 aliphatic carbocycles. The molecule has 0 spiro atoms. The predicted octanol–water partition coefficient (Wildman–Crippen LogP) is 3.71. The summed E-state index contributed by atoms with van der Waals surface area (Å²) in [5.74, 6) is -0.304. The standard InChI is InChI=1S/C13H11BrClN3O/c1-2-8-5-9(14)3-4-10(8)18-13(19)11-6-17-12(15)7-16-11/h3-7H,2H2,1H3,(H,18,19). The van der Waals surface area contributed by atoms with E-state index in [9.17, 15) is 4.79 Å². The normalized spacial score (nSPS) is 10.3. The number of halogens is 2. The Balaban J connectivity index is 2.21. The Hall–Kier alpha value is -1.46. The van der Waals surface area contributed by atoms with Gasteiger partial charge < -0.3 is 5.32 Å². The van der Waals surface area contributed by atoms with E-state index in [1.165, 1.54) is 12.4 Å². The van der Waals surface area contributed by atoms with Crippen LogP contribution in [0.5, 0.6) is 0 Å². The van der Waals surface area contributed by atoms with Gasteiger partial charge in [0.1, 0.15) is 10.8 Å². The molecule has 1 amide bonds. The Kier molecular flexibility index (Phi) is 4.50. The number of hydrogen-bond donors (Lipinski definition) is 1. The summed E-state index contributed by atoms with van der Waals surface area (Å²) in [7, 11) is 0. The number of amides is 1. The molecule has 0 fully saturated rings. The Labute approximate surface area is 124 Å². The Morgan fingerprint density at radius 3 is 2.79 bits per heavy atom. The molecule has 0 saturated heterocycles. The second kappa shape index (κ2) is 6.12. The van der Waals surface area contributed by atoms with Gasteiger partial charge in [-0.25, -0.2) is 9.97 Å². The quantitative estimate of drug-likeness (QED) is 0.926. The van der Waals surface area contributed by atoms with Crippen molar-refractivity contribution >= 4 is 39.1 Å². The lowest BCUT2D eigenvalue weighted by atomic mass is 10.1. The third-order valence-electron chi connectivity index (χ3n) is 2.55. The van der Waals surface area contributed by atoms with Crippen LogP contribution < -0.4 is 5.32 Å². The summed E-state index contributed by atoms with van der Waals surface area (Å²) in [6, 6.07) is 5.70. The lowest BCUT2D eigenvalue weighted by Crippen LogP contribution is -2.15. The van der Waals surface area contributed by atoms with Gasteiger partial charge in [0.2, 0.25) is 0 Å². The predicted molar refractivity (Wildman–Crippen MR) is 78.5 cm³/mol. The van der Waals surface area contributed by atoms with Crippen molar-refractivity contribution in [2.24, 2.45) is 0 Å². The Morgan fingerprint density at radius 1 is 1.37 bits per heavy atom. The monoisotopic (exact) mass is 339 g/mol.